The van der Waals surface area contributed by atoms with Gasteiger partial charge in [0.25, 0.3) is 5.91 Å². The Bertz CT molecular complexity index is 837. The first-order valence-electron chi connectivity index (χ1n) is 7.68. The Kier molecular flexibility index (Phi) is 4.71. The molecule has 3 rings (SSSR count). The van der Waals surface area contributed by atoms with Gasteiger partial charge in [-0.15, -0.1) is 0 Å². The van der Waals surface area contributed by atoms with Crippen LogP contribution in [0.25, 0.3) is 0 Å². The Balaban J connectivity index is 1.88. The summed E-state index contributed by atoms with van der Waals surface area (Å²) in [7, 11) is 0. The molecule has 1 saturated heterocycles. The number of halogens is 2. The van der Waals surface area contributed by atoms with Crippen molar-refractivity contribution in [1.29, 1.82) is 0 Å². The van der Waals surface area contributed by atoms with E-state index in [-0.39, 0.29) is 34.3 Å². The molecule has 0 aliphatic carbocycles. The number of rotatable bonds is 5. The average molecular weight is 346 g/mol. The highest BCUT2D eigenvalue weighted by Crippen LogP contribution is 2.25. The van der Waals surface area contributed by atoms with Crippen molar-refractivity contribution in [3.63, 3.8) is 0 Å². The fourth-order valence-corrected chi connectivity index (χ4v) is 2.39. The highest BCUT2D eigenvalue weighted by Gasteiger charge is 2.24. The van der Waals surface area contributed by atoms with Crippen LogP contribution >= 0.6 is 0 Å². The Morgan fingerprint density at radius 1 is 1.16 bits per heavy atom. The maximum Gasteiger partial charge on any atom is 0.256 e. The third-order valence-corrected chi connectivity index (χ3v) is 3.89. The van der Waals surface area contributed by atoms with Crippen LogP contribution in [0, 0.1) is 11.6 Å². The van der Waals surface area contributed by atoms with Crippen LogP contribution in [0.4, 0.5) is 20.2 Å². The number of amides is 1. The summed E-state index contributed by atoms with van der Waals surface area (Å²) in [5, 5.41) is 8.36. The maximum atomic E-state index is 14.2. The van der Waals surface area contributed by atoms with E-state index in [2.05, 4.69) is 20.9 Å². The number of aromatic nitrogens is 1. The van der Waals surface area contributed by atoms with Crippen molar-refractivity contribution < 1.29 is 18.4 Å². The van der Waals surface area contributed by atoms with Gasteiger partial charge in [0.2, 0.25) is 0 Å². The van der Waals surface area contributed by atoms with Gasteiger partial charge in [-0.2, -0.15) is 0 Å². The average Bonchev–Trinajstić information content (AvgIpc) is 2.52. The minimum Gasteiger partial charge on any atom is -0.351 e. The first-order chi connectivity index (χ1) is 12.0. The van der Waals surface area contributed by atoms with Crippen LogP contribution in [0.5, 0.6) is 0 Å². The third kappa shape index (κ3) is 3.63. The second-order valence-corrected chi connectivity index (χ2v) is 5.75. The molecule has 0 saturated carbocycles. The molecule has 1 aromatic carbocycles. The molecule has 130 valence electrons. The van der Waals surface area contributed by atoms with E-state index in [0.717, 1.165) is 12.3 Å². The van der Waals surface area contributed by atoms with Crippen molar-refractivity contribution >= 4 is 23.1 Å². The van der Waals surface area contributed by atoms with Gasteiger partial charge in [-0.25, -0.2) is 8.78 Å². The number of nitrogens with one attached hydrogen (secondary N) is 3. The molecule has 1 aromatic heterocycles. The van der Waals surface area contributed by atoms with Crippen LogP contribution in [0.1, 0.15) is 27.6 Å². The molecule has 2 heterocycles. The predicted octanol–water partition coefficient (Wildman–Crippen LogP) is 2.01. The number of hydrogen-bond acceptors (Lipinski definition) is 5. The van der Waals surface area contributed by atoms with Gasteiger partial charge in [-0.05, 0) is 25.1 Å². The molecule has 2 aromatic rings. The maximum absolute atomic E-state index is 14.2. The van der Waals surface area contributed by atoms with Crippen molar-refractivity contribution in [2.75, 3.05) is 18.4 Å². The quantitative estimate of drug-likeness (QED) is 0.722. The van der Waals surface area contributed by atoms with Crippen LogP contribution in [0.15, 0.2) is 30.6 Å². The lowest BCUT2D eigenvalue weighted by Crippen LogP contribution is -2.57. The highest BCUT2D eigenvalue weighted by atomic mass is 19.1. The smallest absolute Gasteiger partial charge is 0.256 e. The lowest BCUT2D eigenvalue weighted by Gasteiger charge is -2.28. The normalized spacial score (nSPS) is 13.9. The zero-order valence-electron chi connectivity index (χ0n) is 13.4. The molecule has 0 atom stereocenters. The van der Waals surface area contributed by atoms with Crippen molar-refractivity contribution in [3.05, 3.63) is 53.4 Å². The first-order valence-corrected chi connectivity index (χ1v) is 7.68. The van der Waals surface area contributed by atoms with E-state index in [0.29, 0.717) is 13.1 Å². The molecule has 1 aliphatic rings. The standard InChI is InChI=1S/C17H16F2N4O2/c1-9(24)10-2-3-14(12(18)4-10)23-15-8-21-7-13(19)16(15)17(25)22-11-5-20-6-11/h2-4,7-8,11,20,23H,5-6H2,1H3,(H,22,25). The van der Waals surface area contributed by atoms with Crippen molar-refractivity contribution in [2.24, 2.45) is 0 Å². The van der Waals surface area contributed by atoms with Gasteiger partial charge in [0.1, 0.15) is 11.4 Å². The Morgan fingerprint density at radius 3 is 2.52 bits per heavy atom. The first kappa shape index (κ1) is 17.0. The van der Waals surface area contributed by atoms with Crippen LogP contribution in [0.3, 0.4) is 0 Å². The van der Waals surface area contributed by atoms with Gasteiger partial charge in [0.15, 0.2) is 11.6 Å². The number of nitrogens with zero attached hydrogens (tertiary/aromatic N) is 1. The largest absolute Gasteiger partial charge is 0.351 e. The summed E-state index contributed by atoms with van der Waals surface area (Å²) in [5.41, 5.74) is 0.0313. The number of hydrogen-bond donors (Lipinski definition) is 3. The van der Waals surface area contributed by atoms with Gasteiger partial charge in [-0.3, -0.25) is 14.6 Å². The minimum absolute atomic E-state index is 0.0109. The number of carbonyl (C=O) groups is 2. The van der Waals surface area contributed by atoms with E-state index in [4.69, 9.17) is 0 Å². The molecular weight excluding hydrogens is 330 g/mol. The summed E-state index contributed by atoms with van der Waals surface area (Å²) >= 11 is 0. The molecular formula is C17H16F2N4O2. The third-order valence-electron chi connectivity index (χ3n) is 3.89. The molecule has 0 unspecified atom stereocenters. The molecule has 0 bridgehead atoms. The van der Waals surface area contributed by atoms with E-state index >= 15 is 0 Å². The topological polar surface area (TPSA) is 83.1 Å². The van der Waals surface area contributed by atoms with Crippen LogP contribution in [-0.2, 0) is 0 Å². The van der Waals surface area contributed by atoms with Crippen molar-refractivity contribution in [2.45, 2.75) is 13.0 Å². The summed E-state index contributed by atoms with van der Waals surface area (Å²) in [6, 6.07) is 3.81. The van der Waals surface area contributed by atoms with Crippen molar-refractivity contribution in [1.82, 2.24) is 15.6 Å². The molecule has 0 spiro atoms. The molecule has 25 heavy (non-hydrogen) atoms. The summed E-state index contributed by atoms with van der Waals surface area (Å²) in [5.74, 6) is -2.37. The summed E-state index contributed by atoms with van der Waals surface area (Å²) in [4.78, 5) is 27.3. The van der Waals surface area contributed by atoms with Crippen molar-refractivity contribution in [3.8, 4) is 0 Å². The fraction of sp³-hybridized carbons (Fsp3) is 0.235. The fourth-order valence-electron chi connectivity index (χ4n) is 2.39. The SMILES string of the molecule is CC(=O)c1ccc(Nc2cncc(F)c2C(=O)NC2CNC2)c(F)c1. The number of Topliss-reactive ketones (excluding diaryl/α,β-unsaturated/α-hetero) is 1. The number of ketones is 1. The van der Waals surface area contributed by atoms with Gasteiger partial charge in [0, 0.05) is 18.7 Å². The molecule has 1 amide bonds. The molecule has 6 nitrogen and oxygen atoms in total. The predicted molar refractivity (Wildman–Crippen MR) is 88.0 cm³/mol. The second kappa shape index (κ2) is 6.94. The second-order valence-electron chi connectivity index (χ2n) is 5.75. The molecule has 1 aliphatic heterocycles. The highest BCUT2D eigenvalue weighted by molar-refractivity contribution is 6.00. The molecule has 8 heteroatoms. The Hall–Kier alpha value is -2.87. The van der Waals surface area contributed by atoms with Crippen LogP contribution < -0.4 is 16.0 Å². The molecule has 3 N–H and O–H groups in total. The Labute approximate surface area is 142 Å². The Morgan fingerprint density at radius 2 is 1.92 bits per heavy atom. The van der Waals surface area contributed by atoms with Crippen LogP contribution in [0.2, 0.25) is 0 Å². The monoisotopic (exact) mass is 346 g/mol. The van der Waals surface area contributed by atoms with E-state index < -0.39 is 17.5 Å². The number of anilines is 2. The van der Waals surface area contributed by atoms with E-state index in [1.165, 1.54) is 25.3 Å². The van der Waals surface area contributed by atoms with Gasteiger partial charge in [0.05, 0.1) is 29.8 Å². The van der Waals surface area contributed by atoms with Gasteiger partial charge < -0.3 is 16.0 Å². The van der Waals surface area contributed by atoms with E-state index in [1.54, 1.807) is 0 Å². The number of carbonyl (C=O) groups excluding carboxylic acids is 2. The zero-order valence-corrected chi connectivity index (χ0v) is 13.4. The summed E-state index contributed by atoms with van der Waals surface area (Å²) < 4.78 is 28.3. The molecule has 0 radical (unpaired) electrons. The minimum atomic E-state index is -0.810. The zero-order chi connectivity index (χ0) is 18.0. The summed E-state index contributed by atoms with van der Waals surface area (Å²) in [6.07, 6.45) is 2.17. The lowest BCUT2D eigenvalue weighted by molar-refractivity contribution is 0.0920. The summed E-state index contributed by atoms with van der Waals surface area (Å²) in [6.45, 7) is 2.56. The number of benzene rings is 1. The van der Waals surface area contributed by atoms with E-state index in [1.807, 2.05) is 0 Å². The van der Waals surface area contributed by atoms with E-state index in [9.17, 15) is 18.4 Å². The van der Waals surface area contributed by atoms with Crippen LogP contribution in [-0.4, -0.2) is 35.8 Å². The van der Waals surface area contributed by atoms with Gasteiger partial charge >= 0.3 is 0 Å². The lowest BCUT2D eigenvalue weighted by atomic mass is 10.1. The van der Waals surface area contributed by atoms with Gasteiger partial charge in [-0.1, -0.05) is 0 Å². The number of pyridine rings is 1. The molecule has 1 fully saturated rings.